The Kier molecular flexibility index (Phi) is 3.78. The molecule has 102 valence electrons. The zero-order chi connectivity index (χ0) is 14.1. The maximum Gasteiger partial charge on any atom is 0.266 e. The van der Waals surface area contributed by atoms with Crippen molar-refractivity contribution in [3.8, 4) is 0 Å². The Balaban J connectivity index is 1.83. The Morgan fingerprint density at radius 3 is 2.95 bits per heavy atom. The van der Waals surface area contributed by atoms with Crippen molar-refractivity contribution in [1.82, 2.24) is 4.90 Å². The molecular formula is C14H11NO2S3. The predicted octanol–water partition coefficient (Wildman–Crippen LogP) is 4.05. The van der Waals surface area contributed by atoms with Crippen molar-refractivity contribution in [3.63, 3.8) is 0 Å². The molecule has 0 bridgehead atoms. The van der Waals surface area contributed by atoms with Gasteiger partial charge in [0.1, 0.15) is 10.1 Å². The van der Waals surface area contributed by atoms with Gasteiger partial charge in [0.15, 0.2) is 0 Å². The van der Waals surface area contributed by atoms with Crippen molar-refractivity contribution in [1.29, 1.82) is 0 Å². The van der Waals surface area contributed by atoms with Crippen LogP contribution in [0.15, 0.2) is 39.2 Å². The molecule has 1 saturated heterocycles. The first kappa shape index (κ1) is 13.6. The first-order valence-corrected chi connectivity index (χ1v) is 8.07. The van der Waals surface area contributed by atoms with E-state index in [-0.39, 0.29) is 5.91 Å². The van der Waals surface area contributed by atoms with Crippen LogP contribution in [0.5, 0.6) is 0 Å². The van der Waals surface area contributed by atoms with Crippen LogP contribution in [0, 0.1) is 6.92 Å². The minimum absolute atomic E-state index is 0.0517. The first-order chi connectivity index (χ1) is 9.65. The second-order valence-electron chi connectivity index (χ2n) is 4.32. The molecule has 0 spiro atoms. The molecule has 2 aromatic rings. The summed E-state index contributed by atoms with van der Waals surface area (Å²) in [6.45, 7) is 2.42. The number of furan rings is 1. The monoisotopic (exact) mass is 321 g/mol. The lowest BCUT2D eigenvalue weighted by atomic mass is 10.2. The average Bonchev–Trinajstić information content (AvgIpc) is 3.11. The fourth-order valence-corrected chi connectivity index (χ4v) is 4.02. The zero-order valence-corrected chi connectivity index (χ0v) is 13.1. The summed E-state index contributed by atoms with van der Waals surface area (Å²) < 4.78 is 5.85. The molecule has 2 aromatic heterocycles. The highest BCUT2D eigenvalue weighted by atomic mass is 32.2. The quantitative estimate of drug-likeness (QED) is 0.631. The fourth-order valence-electron chi connectivity index (χ4n) is 1.85. The van der Waals surface area contributed by atoms with Crippen molar-refractivity contribution in [3.05, 3.63) is 50.9 Å². The normalized spacial score (nSPS) is 17.4. The van der Waals surface area contributed by atoms with Gasteiger partial charge in [0.25, 0.3) is 5.91 Å². The van der Waals surface area contributed by atoms with Gasteiger partial charge in [-0.25, -0.2) is 0 Å². The Hall–Kier alpha value is -1.37. The molecule has 20 heavy (non-hydrogen) atoms. The first-order valence-electron chi connectivity index (χ1n) is 5.97. The highest BCUT2D eigenvalue weighted by Gasteiger charge is 2.32. The van der Waals surface area contributed by atoms with E-state index in [1.807, 2.05) is 30.5 Å². The summed E-state index contributed by atoms with van der Waals surface area (Å²) in [5.41, 5.74) is 1.17. The van der Waals surface area contributed by atoms with Gasteiger partial charge in [-0.1, -0.05) is 24.0 Å². The molecule has 1 aliphatic heterocycles. The smallest absolute Gasteiger partial charge is 0.266 e. The van der Waals surface area contributed by atoms with Crippen molar-refractivity contribution < 1.29 is 9.21 Å². The maximum atomic E-state index is 12.4. The van der Waals surface area contributed by atoms with Crippen LogP contribution in [0.25, 0.3) is 6.08 Å². The molecular weight excluding hydrogens is 310 g/mol. The molecule has 3 heterocycles. The van der Waals surface area contributed by atoms with E-state index in [0.29, 0.717) is 15.8 Å². The molecule has 1 fully saturated rings. The van der Waals surface area contributed by atoms with Crippen LogP contribution < -0.4 is 0 Å². The lowest BCUT2D eigenvalue weighted by Gasteiger charge is -2.11. The molecule has 0 N–H and O–H groups in total. The summed E-state index contributed by atoms with van der Waals surface area (Å²) in [4.78, 5) is 15.7. The number of thioether (sulfide) groups is 1. The van der Waals surface area contributed by atoms with E-state index in [2.05, 4.69) is 0 Å². The topological polar surface area (TPSA) is 33.5 Å². The number of thiocarbonyl (C=S) groups is 1. The highest BCUT2D eigenvalue weighted by molar-refractivity contribution is 8.26. The second-order valence-corrected chi connectivity index (χ2v) is 6.94. The molecule has 0 radical (unpaired) electrons. The number of nitrogens with zero attached hydrogens (tertiary/aromatic N) is 1. The summed E-state index contributed by atoms with van der Waals surface area (Å²) in [6, 6.07) is 5.68. The van der Waals surface area contributed by atoms with Gasteiger partial charge in [-0.15, -0.1) is 11.3 Å². The van der Waals surface area contributed by atoms with E-state index < -0.39 is 0 Å². The molecule has 6 heteroatoms. The lowest BCUT2D eigenvalue weighted by Crippen LogP contribution is -2.27. The molecule has 3 nitrogen and oxygen atoms in total. The van der Waals surface area contributed by atoms with E-state index >= 15 is 0 Å². The molecule has 0 unspecified atom stereocenters. The summed E-state index contributed by atoms with van der Waals surface area (Å²) in [7, 11) is 0. The standard InChI is InChI=1S/C14H11NO2S3/c1-9-4-6-19-11(9)7-12-13(16)15(14(18)20-12)8-10-3-2-5-17-10/h2-7H,8H2,1H3. The van der Waals surface area contributed by atoms with Crippen LogP contribution in [0.2, 0.25) is 0 Å². The van der Waals surface area contributed by atoms with Crippen molar-refractivity contribution in [2.75, 3.05) is 0 Å². The van der Waals surface area contributed by atoms with Crippen LogP contribution in [0.1, 0.15) is 16.2 Å². The zero-order valence-electron chi connectivity index (χ0n) is 10.7. The van der Waals surface area contributed by atoms with E-state index in [1.165, 1.54) is 17.3 Å². The van der Waals surface area contributed by atoms with Crippen LogP contribution in [-0.4, -0.2) is 15.1 Å². The van der Waals surface area contributed by atoms with Crippen molar-refractivity contribution in [2.45, 2.75) is 13.5 Å². The number of thiophene rings is 1. The van der Waals surface area contributed by atoms with Crippen LogP contribution in [0.4, 0.5) is 0 Å². The molecule has 1 amide bonds. The van der Waals surface area contributed by atoms with Crippen LogP contribution >= 0.6 is 35.3 Å². The number of aryl methyl sites for hydroxylation is 1. The summed E-state index contributed by atoms with van der Waals surface area (Å²) >= 11 is 8.25. The van der Waals surface area contributed by atoms with Gasteiger partial charge in [-0.05, 0) is 42.1 Å². The third kappa shape index (κ3) is 2.59. The highest BCUT2D eigenvalue weighted by Crippen LogP contribution is 2.34. The lowest BCUT2D eigenvalue weighted by molar-refractivity contribution is -0.122. The largest absolute Gasteiger partial charge is 0.467 e. The summed E-state index contributed by atoms with van der Waals surface area (Å²) in [6.07, 6.45) is 3.51. The number of amides is 1. The van der Waals surface area contributed by atoms with Gasteiger partial charge in [-0.3, -0.25) is 9.69 Å². The molecule has 1 aliphatic rings. The average molecular weight is 321 g/mol. The van der Waals surface area contributed by atoms with Gasteiger partial charge in [0.2, 0.25) is 0 Å². The molecule has 0 atom stereocenters. The number of hydrogen-bond donors (Lipinski definition) is 0. The molecule has 3 rings (SSSR count). The Labute approximate surface area is 130 Å². The van der Waals surface area contributed by atoms with Crippen molar-refractivity contribution in [2.24, 2.45) is 0 Å². The third-order valence-electron chi connectivity index (χ3n) is 2.93. The van der Waals surface area contributed by atoms with Crippen molar-refractivity contribution >= 4 is 51.6 Å². The minimum Gasteiger partial charge on any atom is -0.467 e. The van der Waals surface area contributed by atoms with Gasteiger partial charge in [-0.2, -0.15) is 0 Å². The predicted molar refractivity (Wildman–Crippen MR) is 86.5 cm³/mol. The second kappa shape index (κ2) is 5.55. The number of carbonyl (C=O) groups is 1. The van der Waals surface area contributed by atoms with Crippen LogP contribution in [0.3, 0.4) is 0 Å². The number of carbonyl (C=O) groups excluding carboxylic acids is 1. The Morgan fingerprint density at radius 2 is 2.30 bits per heavy atom. The molecule has 0 saturated carbocycles. The van der Waals surface area contributed by atoms with Gasteiger partial charge < -0.3 is 4.42 Å². The Morgan fingerprint density at radius 1 is 1.45 bits per heavy atom. The SMILES string of the molecule is Cc1ccsc1C=C1SC(=S)N(Cc2ccco2)C1=O. The fraction of sp³-hybridized carbons (Fsp3) is 0.143. The van der Waals surface area contributed by atoms with E-state index in [4.69, 9.17) is 16.6 Å². The molecule has 0 aromatic carbocycles. The van der Waals surface area contributed by atoms with Gasteiger partial charge in [0.05, 0.1) is 17.7 Å². The maximum absolute atomic E-state index is 12.4. The van der Waals surface area contributed by atoms with E-state index in [0.717, 1.165) is 10.6 Å². The molecule has 0 aliphatic carbocycles. The van der Waals surface area contributed by atoms with Crippen LogP contribution in [-0.2, 0) is 11.3 Å². The van der Waals surface area contributed by atoms with E-state index in [9.17, 15) is 4.79 Å². The number of rotatable bonds is 3. The van der Waals surface area contributed by atoms with Gasteiger partial charge in [0, 0.05) is 4.88 Å². The van der Waals surface area contributed by atoms with Gasteiger partial charge >= 0.3 is 0 Å². The van der Waals surface area contributed by atoms with E-state index in [1.54, 1.807) is 28.6 Å². The summed E-state index contributed by atoms with van der Waals surface area (Å²) in [5.74, 6) is 0.680. The Bertz CT molecular complexity index is 685. The third-order valence-corrected chi connectivity index (χ3v) is 5.28. The number of hydrogen-bond acceptors (Lipinski definition) is 5. The summed E-state index contributed by atoms with van der Waals surface area (Å²) in [5, 5.41) is 2.02. The minimum atomic E-state index is -0.0517.